The number of nitrogens with one attached hydrogen (secondary N) is 2. The summed E-state index contributed by atoms with van der Waals surface area (Å²) >= 11 is 0. The molecular formula is C17H29IN4O. The third-order valence-corrected chi connectivity index (χ3v) is 3.83. The van der Waals surface area contributed by atoms with Crippen molar-refractivity contribution in [2.75, 3.05) is 40.3 Å². The summed E-state index contributed by atoms with van der Waals surface area (Å²) in [7, 11) is 3.94. The Balaban J connectivity index is 0.00000264. The Morgan fingerprint density at radius 2 is 2.09 bits per heavy atom. The van der Waals surface area contributed by atoms with Crippen LogP contribution in [0.25, 0.3) is 0 Å². The lowest BCUT2D eigenvalue weighted by molar-refractivity contribution is 0.114. The first-order chi connectivity index (χ1) is 10.8. The minimum atomic E-state index is 0. The Bertz CT molecular complexity index is 449. The zero-order valence-corrected chi connectivity index (χ0v) is 16.5. The molecule has 0 bridgehead atoms. The summed E-state index contributed by atoms with van der Waals surface area (Å²) in [5.41, 5.74) is 1.34. The predicted molar refractivity (Wildman–Crippen MR) is 107 cm³/mol. The summed E-state index contributed by atoms with van der Waals surface area (Å²) in [4.78, 5) is 6.55. The number of ether oxygens (including phenoxy) is 1. The van der Waals surface area contributed by atoms with E-state index in [0.29, 0.717) is 6.10 Å². The molecule has 0 saturated carbocycles. The maximum absolute atomic E-state index is 5.60. The van der Waals surface area contributed by atoms with Gasteiger partial charge in [-0.15, -0.1) is 24.0 Å². The molecule has 23 heavy (non-hydrogen) atoms. The molecule has 1 saturated heterocycles. The summed E-state index contributed by atoms with van der Waals surface area (Å²) in [6, 6.07) is 10.5. The van der Waals surface area contributed by atoms with E-state index in [0.717, 1.165) is 45.2 Å². The summed E-state index contributed by atoms with van der Waals surface area (Å²) in [5.74, 6) is 0.851. The van der Waals surface area contributed by atoms with Gasteiger partial charge in [0.25, 0.3) is 0 Å². The lowest BCUT2D eigenvalue weighted by Gasteiger charge is -2.19. The quantitative estimate of drug-likeness (QED) is 0.394. The highest BCUT2D eigenvalue weighted by atomic mass is 127. The van der Waals surface area contributed by atoms with E-state index < -0.39 is 0 Å². The molecule has 5 nitrogen and oxygen atoms in total. The van der Waals surface area contributed by atoms with Gasteiger partial charge in [0.05, 0.1) is 6.10 Å². The van der Waals surface area contributed by atoms with Gasteiger partial charge in [0.2, 0.25) is 0 Å². The molecule has 0 aromatic heterocycles. The molecule has 1 heterocycles. The van der Waals surface area contributed by atoms with Crippen LogP contribution < -0.4 is 10.6 Å². The lowest BCUT2D eigenvalue weighted by atomic mass is 10.2. The standard InChI is InChI=1S/C17H28N4O.HI/c1-18-17(20-13-16-9-6-12-22-16)19-10-11-21(2)14-15-7-4-3-5-8-15;/h3-5,7-8,16H,6,9-14H2,1-2H3,(H2,18,19,20);1H. The largest absolute Gasteiger partial charge is 0.376 e. The maximum Gasteiger partial charge on any atom is 0.191 e. The number of halogens is 1. The van der Waals surface area contributed by atoms with Crippen molar-refractivity contribution in [1.82, 2.24) is 15.5 Å². The fourth-order valence-corrected chi connectivity index (χ4v) is 2.58. The van der Waals surface area contributed by atoms with Crippen LogP contribution in [0, 0.1) is 0 Å². The van der Waals surface area contributed by atoms with Gasteiger partial charge in [-0.2, -0.15) is 0 Å². The van der Waals surface area contributed by atoms with Crippen LogP contribution in [0.15, 0.2) is 35.3 Å². The highest BCUT2D eigenvalue weighted by Crippen LogP contribution is 2.10. The van der Waals surface area contributed by atoms with E-state index in [9.17, 15) is 0 Å². The summed E-state index contributed by atoms with van der Waals surface area (Å²) in [6.07, 6.45) is 2.64. The normalized spacial score (nSPS) is 17.9. The molecule has 0 amide bonds. The van der Waals surface area contributed by atoms with Gasteiger partial charge in [0.15, 0.2) is 5.96 Å². The van der Waals surface area contributed by atoms with Gasteiger partial charge in [-0.3, -0.25) is 4.99 Å². The lowest BCUT2D eigenvalue weighted by Crippen LogP contribution is -2.43. The zero-order valence-electron chi connectivity index (χ0n) is 14.1. The van der Waals surface area contributed by atoms with E-state index >= 15 is 0 Å². The average molecular weight is 432 g/mol. The Morgan fingerprint density at radius 1 is 1.30 bits per heavy atom. The minimum absolute atomic E-state index is 0. The molecular weight excluding hydrogens is 403 g/mol. The van der Waals surface area contributed by atoms with Crippen molar-refractivity contribution in [3.63, 3.8) is 0 Å². The number of rotatable bonds is 7. The van der Waals surface area contributed by atoms with E-state index in [4.69, 9.17) is 4.74 Å². The van der Waals surface area contributed by atoms with E-state index in [1.807, 2.05) is 0 Å². The molecule has 1 aromatic rings. The third-order valence-electron chi connectivity index (χ3n) is 3.83. The molecule has 2 N–H and O–H groups in total. The molecule has 130 valence electrons. The Hall–Kier alpha value is -0.860. The Labute approximate surface area is 156 Å². The van der Waals surface area contributed by atoms with Gasteiger partial charge < -0.3 is 20.3 Å². The predicted octanol–water partition coefficient (Wildman–Crippen LogP) is 2.08. The highest BCUT2D eigenvalue weighted by Gasteiger charge is 2.15. The van der Waals surface area contributed by atoms with Gasteiger partial charge in [0, 0.05) is 39.8 Å². The van der Waals surface area contributed by atoms with Crippen LogP contribution in [0.5, 0.6) is 0 Å². The molecule has 1 atom stereocenters. The van der Waals surface area contributed by atoms with Crippen LogP contribution in [0.2, 0.25) is 0 Å². The summed E-state index contributed by atoms with van der Waals surface area (Å²) < 4.78 is 5.60. The van der Waals surface area contributed by atoms with Crippen LogP contribution in [0.1, 0.15) is 18.4 Å². The number of hydrogen-bond donors (Lipinski definition) is 2. The maximum atomic E-state index is 5.60. The SMILES string of the molecule is CN=C(NCCN(C)Cc1ccccc1)NCC1CCCO1.I. The van der Waals surface area contributed by atoms with E-state index in [1.54, 1.807) is 7.05 Å². The van der Waals surface area contributed by atoms with Gasteiger partial charge >= 0.3 is 0 Å². The Morgan fingerprint density at radius 3 is 2.74 bits per heavy atom. The molecule has 1 aliphatic heterocycles. The third kappa shape index (κ3) is 7.99. The van der Waals surface area contributed by atoms with Crippen molar-refractivity contribution in [3.8, 4) is 0 Å². The second kappa shape index (κ2) is 11.6. The molecule has 1 aromatic carbocycles. The van der Waals surface area contributed by atoms with E-state index in [-0.39, 0.29) is 24.0 Å². The fraction of sp³-hybridized carbons (Fsp3) is 0.588. The van der Waals surface area contributed by atoms with Crippen molar-refractivity contribution in [3.05, 3.63) is 35.9 Å². The molecule has 6 heteroatoms. The monoisotopic (exact) mass is 432 g/mol. The van der Waals surface area contributed by atoms with Crippen LogP contribution in [-0.2, 0) is 11.3 Å². The summed E-state index contributed by atoms with van der Waals surface area (Å²) in [6.45, 7) is 4.52. The fourth-order valence-electron chi connectivity index (χ4n) is 2.58. The highest BCUT2D eigenvalue weighted by molar-refractivity contribution is 14.0. The molecule has 0 aliphatic carbocycles. The number of benzene rings is 1. The van der Waals surface area contributed by atoms with Crippen LogP contribution >= 0.6 is 24.0 Å². The second-order valence-corrected chi connectivity index (χ2v) is 5.74. The Kier molecular flexibility index (Phi) is 10.2. The molecule has 2 rings (SSSR count). The molecule has 0 radical (unpaired) electrons. The van der Waals surface area contributed by atoms with E-state index in [2.05, 4.69) is 57.9 Å². The smallest absolute Gasteiger partial charge is 0.191 e. The second-order valence-electron chi connectivity index (χ2n) is 5.74. The number of aliphatic imine (C=N–C) groups is 1. The van der Waals surface area contributed by atoms with Crippen LogP contribution in [-0.4, -0.2) is 57.3 Å². The van der Waals surface area contributed by atoms with Crippen LogP contribution in [0.4, 0.5) is 0 Å². The molecule has 1 fully saturated rings. The van der Waals surface area contributed by atoms with Crippen molar-refractivity contribution in [2.45, 2.75) is 25.5 Å². The first-order valence-electron chi connectivity index (χ1n) is 8.06. The summed E-state index contributed by atoms with van der Waals surface area (Å²) in [5, 5.41) is 6.68. The molecule has 1 aliphatic rings. The first kappa shape index (κ1) is 20.2. The van der Waals surface area contributed by atoms with Gasteiger partial charge in [-0.25, -0.2) is 0 Å². The van der Waals surface area contributed by atoms with Gasteiger partial charge in [0.1, 0.15) is 0 Å². The van der Waals surface area contributed by atoms with Gasteiger partial charge in [-0.1, -0.05) is 30.3 Å². The van der Waals surface area contributed by atoms with Crippen molar-refractivity contribution in [1.29, 1.82) is 0 Å². The average Bonchev–Trinajstić information content (AvgIpc) is 3.05. The van der Waals surface area contributed by atoms with Crippen LogP contribution in [0.3, 0.4) is 0 Å². The number of nitrogens with zero attached hydrogens (tertiary/aromatic N) is 2. The van der Waals surface area contributed by atoms with Crippen molar-refractivity contribution < 1.29 is 4.74 Å². The van der Waals surface area contributed by atoms with Crippen molar-refractivity contribution in [2.24, 2.45) is 4.99 Å². The van der Waals surface area contributed by atoms with E-state index in [1.165, 1.54) is 12.0 Å². The first-order valence-corrected chi connectivity index (χ1v) is 8.06. The zero-order chi connectivity index (χ0) is 15.6. The molecule has 0 spiro atoms. The van der Waals surface area contributed by atoms with Crippen molar-refractivity contribution >= 4 is 29.9 Å². The molecule has 1 unspecified atom stereocenters. The van der Waals surface area contributed by atoms with Gasteiger partial charge in [-0.05, 0) is 25.5 Å². The topological polar surface area (TPSA) is 48.9 Å². The number of hydrogen-bond acceptors (Lipinski definition) is 3. The number of guanidine groups is 1. The number of likely N-dealkylation sites (N-methyl/N-ethyl adjacent to an activating group) is 1. The minimum Gasteiger partial charge on any atom is -0.376 e.